The molecule has 1 aromatic carbocycles. The van der Waals surface area contributed by atoms with Crippen molar-refractivity contribution in [2.75, 3.05) is 11.4 Å². The van der Waals surface area contributed by atoms with Crippen molar-refractivity contribution in [3.63, 3.8) is 0 Å². The molecule has 0 spiro atoms. The van der Waals surface area contributed by atoms with Crippen LogP contribution in [0.2, 0.25) is 0 Å². The normalized spacial score (nSPS) is 34.9. The molecule has 146 valence electrons. The van der Waals surface area contributed by atoms with Gasteiger partial charge in [0.15, 0.2) is 6.10 Å². The smallest absolute Gasteiger partial charge is 0.312 e. The van der Waals surface area contributed by atoms with Crippen LogP contribution in [0.25, 0.3) is 0 Å². The highest BCUT2D eigenvalue weighted by molar-refractivity contribution is 6.24. The van der Waals surface area contributed by atoms with Gasteiger partial charge in [-0.2, -0.15) is 0 Å². The van der Waals surface area contributed by atoms with Gasteiger partial charge >= 0.3 is 5.97 Å². The van der Waals surface area contributed by atoms with E-state index in [0.29, 0.717) is 24.8 Å². The van der Waals surface area contributed by atoms with Gasteiger partial charge in [0.2, 0.25) is 0 Å². The number of ether oxygens (including phenoxy) is 1. The zero-order valence-corrected chi connectivity index (χ0v) is 16.9. The summed E-state index contributed by atoms with van der Waals surface area (Å²) in [6.07, 6.45) is 4.87. The lowest BCUT2D eigenvalue weighted by molar-refractivity contribution is -0.176. The van der Waals surface area contributed by atoms with Crippen LogP contribution in [0.1, 0.15) is 52.4 Å². The Morgan fingerprint density at radius 2 is 1.81 bits per heavy atom. The van der Waals surface area contributed by atoms with Gasteiger partial charge in [0.1, 0.15) is 0 Å². The SMILES string of the molecule is CCN(C(=O)[C@H](C)OC(=O)C12C[C@H]3C[C@@H](CC(Cl)(C3)C1)C2)c1ccccc1. The molecule has 0 N–H and O–H groups in total. The minimum Gasteiger partial charge on any atom is -0.452 e. The lowest BCUT2D eigenvalue weighted by Gasteiger charge is -2.58. The van der Waals surface area contributed by atoms with Crippen molar-refractivity contribution in [3.8, 4) is 0 Å². The fraction of sp³-hybridized carbons (Fsp3) is 0.636. The second-order valence-electron chi connectivity index (χ2n) is 8.86. The molecular weight excluding hydrogens is 362 g/mol. The Kier molecular flexibility index (Phi) is 4.74. The van der Waals surface area contributed by atoms with Gasteiger partial charge < -0.3 is 9.64 Å². The van der Waals surface area contributed by atoms with E-state index in [-0.39, 0.29) is 16.8 Å². The second-order valence-corrected chi connectivity index (χ2v) is 9.66. The Hall–Kier alpha value is -1.55. The minimum absolute atomic E-state index is 0.178. The van der Waals surface area contributed by atoms with Crippen LogP contribution in [0.5, 0.6) is 0 Å². The number of esters is 1. The van der Waals surface area contributed by atoms with E-state index in [1.54, 1.807) is 11.8 Å². The number of hydrogen-bond donors (Lipinski definition) is 0. The molecule has 0 aliphatic heterocycles. The molecule has 4 fully saturated rings. The monoisotopic (exact) mass is 389 g/mol. The quantitative estimate of drug-likeness (QED) is 0.548. The number of likely N-dealkylation sites (N-methyl/N-ethyl adjacent to an activating group) is 1. The molecule has 4 saturated carbocycles. The van der Waals surface area contributed by atoms with Crippen molar-refractivity contribution in [2.45, 2.75) is 63.4 Å². The van der Waals surface area contributed by atoms with Crippen LogP contribution < -0.4 is 4.90 Å². The molecule has 0 aromatic heterocycles. The summed E-state index contributed by atoms with van der Waals surface area (Å²) >= 11 is 6.83. The van der Waals surface area contributed by atoms with Crippen LogP contribution in [-0.4, -0.2) is 29.4 Å². The first-order valence-corrected chi connectivity index (χ1v) is 10.5. The van der Waals surface area contributed by atoms with Crippen molar-refractivity contribution >= 4 is 29.2 Å². The maximum atomic E-state index is 13.1. The first-order chi connectivity index (χ1) is 12.8. The molecule has 27 heavy (non-hydrogen) atoms. The van der Waals surface area contributed by atoms with E-state index in [1.807, 2.05) is 37.3 Å². The number of carbonyl (C=O) groups is 2. The highest BCUT2D eigenvalue weighted by Gasteiger charge is 2.61. The number of halogens is 1. The fourth-order valence-electron chi connectivity index (χ4n) is 6.02. The molecule has 1 amide bonds. The molecule has 4 nitrogen and oxygen atoms in total. The zero-order valence-electron chi connectivity index (χ0n) is 16.1. The van der Waals surface area contributed by atoms with Gasteiger partial charge in [-0.25, -0.2) is 0 Å². The number of rotatable bonds is 5. The Bertz CT molecular complexity index is 720. The van der Waals surface area contributed by atoms with E-state index in [0.717, 1.165) is 31.4 Å². The molecule has 5 rings (SSSR count). The van der Waals surface area contributed by atoms with Crippen molar-refractivity contribution in [2.24, 2.45) is 17.3 Å². The molecular formula is C22H28ClNO3. The number of alkyl halides is 1. The number of para-hydroxylation sites is 1. The van der Waals surface area contributed by atoms with Gasteiger partial charge in [0.05, 0.1) is 5.41 Å². The molecule has 4 aliphatic rings. The Morgan fingerprint density at radius 3 is 2.37 bits per heavy atom. The second kappa shape index (κ2) is 6.80. The molecule has 0 unspecified atom stereocenters. The third-order valence-corrected chi connectivity index (χ3v) is 7.15. The molecule has 4 aliphatic carbocycles. The van der Waals surface area contributed by atoms with E-state index in [4.69, 9.17) is 16.3 Å². The van der Waals surface area contributed by atoms with Crippen LogP contribution in [0.15, 0.2) is 30.3 Å². The van der Waals surface area contributed by atoms with Crippen LogP contribution in [0.3, 0.4) is 0 Å². The first-order valence-electron chi connectivity index (χ1n) is 10.1. The Labute approximate surface area is 166 Å². The van der Waals surface area contributed by atoms with Crippen LogP contribution in [0.4, 0.5) is 5.69 Å². The van der Waals surface area contributed by atoms with Crippen molar-refractivity contribution < 1.29 is 14.3 Å². The van der Waals surface area contributed by atoms with Gasteiger partial charge in [-0.3, -0.25) is 9.59 Å². The van der Waals surface area contributed by atoms with Crippen molar-refractivity contribution in [1.82, 2.24) is 0 Å². The summed E-state index contributed by atoms with van der Waals surface area (Å²) in [5, 5.41) is 0. The topological polar surface area (TPSA) is 46.6 Å². The molecule has 4 bridgehead atoms. The van der Waals surface area contributed by atoms with Crippen LogP contribution in [-0.2, 0) is 14.3 Å². The van der Waals surface area contributed by atoms with E-state index in [9.17, 15) is 9.59 Å². The fourth-order valence-corrected chi connectivity index (χ4v) is 6.71. The molecule has 0 radical (unpaired) electrons. The third kappa shape index (κ3) is 3.37. The average Bonchev–Trinajstić information content (AvgIpc) is 2.61. The number of anilines is 1. The molecule has 3 atom stereocenters. The van der Waals surface area contributed by atoms with Crippen molar-refractivity contribution in [3.05, 3.63) is 30.3 Å². The number of carbonyl (C=O) groups excluding carboxylic acids is 2. The van der Waals surface area contributed by atoms with Gasteiger partial charge in [-0.05, 0) is 76.3 Å². The van der Waals surface area contributed by atoms with Gasteiger partial charge in [-0.15, -0.1) is 11.6 Å². The van der Waals surface area contributed by atoms with Gasteiger partial charge in [0.25, 0.3) is 5.91 Å². The summed E-state index contributed by atoms with van der Waals surface area (Å²) in [6.45, 7) is 4.14. The van der Waals surface area contributed by atoms with E-state index in [1.165, 1.54) is 6.42 Å². The summed E-state index contributed by atoms with van der Waals surface area (Å²) in [4.78, 5) is 27.5. The first kappa shape index (κ1) is 18.8. The largest absolute Gasteiger partial charge is 0.452 e. The maximum Gasteiger partial charge on any atom is 0.312 e. The zero-order chi connectivity index (χ0) is 19.2. The summed E-state index contributed by atoms with van der Waals surface area (Å²) < 4.78 is 5.76. The number of nitrogens with zero attached hydrogens (tertiary/aromatic N) is 1. The summed E-state index contributed by atoms with van der Waals surface area (Å²) in [7, 11) is 0. The highest BCUT2D eigenvalue weighted by Crippen LogP contribution is 2.64. The van der Waals surface area contributed by atoms with Crippen LogP contribution >= 0.6 is 11.6 Å². The van der Waals surface area contributed by atoms with E-state index in [2.05, 4.69) is 0 Å². The molecule has 1 aromatic rings. The summed E-state index contributed by atoms with van der Waals surface area (Å²) in [5.74, 6) is 0.659. The molecule has 0 saturated heterocycles. The van der Waals surface area contributed by atoms with Crippen molar-refractivity contribution in [1.29, 1.82) is 0 Å². The van der Waals surface area contributed by atoms with Gasteiger partial charge in [0, 0.05) is 17.1 Å². The number of benzene rings is 1. The molecule has 0 heterocycles. The summed E-state index contributed by atoms with van der Waals surface area (Å²) in [5.41, 5.74) is 0.340. The lowest BCUT2D eigenvalue weighted by atomic mass is 9.49. The molecule has 5 heteroatoms. The predicted octanol–water partition coefficient (Wildman–Crippen LogP) is 4.55. The number of hydrogen-bond acceptors (Lipinski definition) is 3. The Balaban J connectivity index is 1.47. The highest BCUT2D eigenvalue weighted by atomic mass is 35.5. The van der Waals surface area contributed by atoms with Crippen LogP contribution in [0, 0.1) is 17.3 Å². The van der Waals surface area contributed by atoms with E-state index >= 15 is 0 Å². The maximum absolute atomic E-state index is 13.1. The van der Waals surface area contributed by atoms with E-state index < -0.39 is 11.5 Å². The standard InChI is InChI=1S/C22H28ClNO3/c1-3-24(18-7-5-4-6-8-18)19(25)15(2)27-20(26)21-10-16-9-17(11-21)13-22(23,12-16)14-21/h4-8,15-17H,3,9-14H2,1-2H3/t15-,16+,17+,21?,22?/m0/s1. The average molecular weight is 390 g/mol. The Morgan fingerprint density at radius 1 is 1.19 bits per heavy atom. The lowest BCUT2D eigenvalue weighted by Crippen LogP contribution is -2.57. The summed E-state index contributed by atoms with van der Waals surface area (Å²) in [6, 6.07) is 9.51. The van der Waals surface area contributed by atoms with Gasteiger partial charge in [-0.1, -0.05) is 18.2 Å². The minimum atomic E-state index is -0.795. The third-order valence-electron chi connectivity index (χ3n) is 6.70. The number of amides is 1. The predicted molar refractivity (Wildman–Crippen MR) is 106 cm³/mol.